The molecule has 4 fully saturated rings. The maximum atomic E-state index is 13.7. The van der Waals surface area contributed by atoms with E-state index in [2.05, 4.69) is 15.3 Å². The molecule has 6 heterocycles. The smallest absolute Gasteiger partial charge is 0.414 e. The fourth-order valence-electron chi connectivity index (χ4n) is 9.66. The zero-order chi connectivity index (χ0) is 57.7. The van der Waals surface area contributed by atoms with E-state index in [1.807, 2.05) is 30.5 Å². The number of carbonyl (C=O) groups excluding carboxylic acids is 1. The first-order valence-corrected chi connectivity index (χ1v) is 28.8. The lowest BCUT2D eigenvalue weighted by Gasteiger charge is -2.36. The molecule has 0 radical (unpaired) electrons. The molecule has 4 aromatic rings. The highest BCUT2D eigenvalue weighted by Gasteiger charge is 2.37. The third-order valence-electron chi connectivity index (χ3n) is 13.3. The van der Waals surface area contributed by atoms with Gasteiger partial charge in [0, 0.05) is 80.7 Å². The Kier molecular flexibility index (Phi) is 25.0. The summed E-state index contributed by atoms with van der Waals surface area (Å²) in [6.45, 7) is 11.7. The predicted octanol–water partition coefficient (Wildman–Crippen LogP) is 4.72. The molecule has 2 aromatic heterocycles. The Labute approximate surface area is 462 Å². The third kappa shape index (κ3) is 18.4. The van der Waals surface area contributed by atoms with Crippen LogP contribution in [0.2, 0.25) is 0 Å². The summed E-state index contributed by atoms with van der Waals surface area (Å²) in [6.07, 6.45) is 11.8. The second-order valence-corrected chi connectivity index (χ2v) is 22.7. The Hall–Kier alpha value is -6.16. The number of aliphatic carboxylic acids is 3. The van der Waals surface area contributed by atoms with Crippen LogP contribution in [0.1, 0.15) is 84.1 Å². The number of ether oxygens (including phenoxy) is 6. The van der Waals surface area contributed by atoms with Crippen LogP contribution in [0.5, 0.6) is 11.5 Å². The fourth-order valence-corrected chi connectivity index (χ4v) is 13.9. The van der Waals surface area contributed by atoms with Crippen LogP contribution in [0, 0.1) is 27.7 Å². The van der Waals surface area contributed by atoms with Crippen molar-refractivity contribution in [2.24, 2.45) is 0 Å². The van der Waals surface area contributed by atoms with Crippen molar-refractivity contribution in [1.29, 1.82) is 0 Å². The van der Waals surface area contributed by atoms with Gasteiger partial charge in [0.05, 0.1) is 63.1 Å². The van der Waals surface area contributed by atoms with Crippen molar-refractivity contribution >= 4 is 43.9 Å². The number of sulfonamides is 2. The molecule has 4 aliphatic rings. The molecule has 8 rings (SSSR count). The minimum absolute atomic E-state index is 0.0831. The van der Waals surface area contributed by atoms with Crippen LogP contribution in [0.3, 0.4) is 0 Å². The van der Waals surface area contributed by atoms with Gasteiger partial charge in [-0.3, -0.25) is 14.8 Å². The molecule has 25 heteroatoms. The van der Waals surface area contributed by atoms with E-state index in [0.717, 1.165) is 56.5 Å². The second kappa shape index (κ2) is 31.0. The molecule has 4 aliphatic heterocycles. The number of aryl methyl sites for hydroxylation is 4. The minimum atomic E-state index is -3.73. The molecule has 0 bridgehead atoms. The molecule has 23 nitrogen and oxygen atoms in total. The zero-order valence-electron chi connectivity index (χ0n) is 45.6. The van der Waals surface area contributed by atoms with Gasteiger partial charge in [0.15, 0.2) is 0 Å². The molecule has 434 valence electrons. The fraction of sp³-hybridized carbons (Fsp3) is 0.519. The van der Waals surface area contributed by atoms with Gasteiger partial charge in [0.25, 0.3) is 0 Å². The van der Waals surface area contributed by atoms with E-state index in [0.29, 0.717) is 89.2 Å². The molecule has 79 heavy (non-hydrogen) atoms. The predicted molar refractivity (Wildman–Crippen MR) is 288 cm³/mol. The second-order valence-electron chi connectivity index (χ2n) is 19.1. The number of rotatable bonds is 16. The van der Waals surface area contributed by atoms with E-state index < -0.39 is 44.6 Å². The molecular formula is C54H74N6O17S2. The topological polar surface area (TPSA) is 300 Å². The first-order valence-electron chi connectivity index (χ1n) is 25.9. The molecule has 0 spiro atoms. The lowest BCUT2D eigenvalue weighted by atomic mass is 10.1. The van der Waals surface area contributed by atoms with Gasteiger partial charge in [0.1, 0.15) is 30.8 Å². The molecule has 0 saturated carbocycles. The van der Waals surface area contributed by atoms with Gasteiger partial charge in [-0.1, -0.05) is 25.0 Å². The van der Waals surface area contributed by atoms with Crippen LogP contribution in [0.15, 0.2) is 83.1 Å². The van der Waals surface area contributed by atoms with Crippen molar-refractivity contribution in [2.45, 2.75) is 100 Å². The minimum Gasteiger partial charge on any atom is -0.497 e. The lowest BCUT2D eigenvalue weighted by molar-refractivity contribution is -0.159. The Morgan fingerprint density at radius 3 is 1.51 bits per heavy atom. The van der Waals surface area contributed by atoms with Gasteiger partial charge in [-0.05, 0) is 112 Å². The summed E-state index contributed by atoms with van der Waals surface area (Å²) in [7, 11) is -4.31. The van der Waals surface area contributed by atoms with Crippen molar-refractivity contribution in [3.8, 4) is 11.5 Å². The van der Waals surface area contributed by atoms with Crippen LogP contribution in [0.25, 0.3) is 0 Å². The number of nitrogens with zero attached hydrogens (tertiary/aromatic N) is 5. The number of nitrogens with one attached hydrogen (secondary N) is 1. The van der Waals surface area contributed by atoms with Crippen molar-refractivity contribution in [2.75, 3.05) is 93.1 Å². The SMILES string of the molecule is COc1cc(C)c(S(=O)(=O)N2CCCCC2COCC(=O)N2CCOC(c3cccnc3)C2)c(C)c1.COc1cc(C)c(S(=O)(=O)N2CCCCC2COCC(=O)O)c(C)c1.O=C(O)C(=O)O.c1cncc(C2CNCCO2)c1. The third-order valence-corrected chi connectivity index (χ3v) is 17.8. The number of carboxylic acids is 3. The maximum Gasteiger partial charge on any atom is 0.414 e. The number of carbonyl (C=O) groups is 4. The van der Waals surface area contributed by atoms with Gasteiger partial charge >= 0.3 is 17.9 Å². The number of hydrogen-bond acceptors (Lipinski definition) is 17. The van der Waals surface area contributed by atoms with Gasteiger partial charge < -0.3 is 54.0 Å². The largest absolute Gasteiger partial charge is 0.497 e. The molecule has 4 N–H and O–H groups in total. The molecule has 2 aromatic carbocycles. The standard InChI is InChI=1S/C26H35N3O6S.C17H25NO6S.C9H12N2O.C2H2O4/c1-19-13-23(33-3)14-20(2)26(19)36(31,32)29-10-5-4-8-22(29)17-34-18-25(30)28-11-12-35-24(16-28)21-7-6-9-27-15-21;1-12-8-15(23-3)9-13(2)17(12)25(21,22)18-7-5-4-6-14(18)10-24-11-16(19)20;1-2-8(6-10-3-1)9-7-11-4-5-12-9;3-1(4)2(5)6/h6-7,9,13-15,22,24H,4-5,8,10-12,16-18H2,1-3H3;8-9,14H,4-7,10-11H2,1-3H3,(H,19,20);1-3,6,9,11H,4-5,7H2;(H,3,4)(H,5,6). The number of aromatic nitrogens is 2. The number of pyridine rings is 2. The summed E-state index contributed by atoms with van der Waals surface area (Å²) in [5.74, 6) is -3.58. The summed E-state index contributed by atoms with van der Waals surface area (Å²) in [5.41, 5.74) is 4.67. The van der Waals surface area contributed by atoms with E-state index in [1.54, 1.807) is 94.0 Å². The highest BCUT2D eigenvalue weighted by Crippen LogP contribution is 2.34. The summed E-state index contributed by atoms with van der Waals surface area (Å²) >= 11 is 0. The normalized spacial score (nSPS) is 19.9. The monoisotopic (exact) mass is 1140 g/mol. The maximum absolute atomic E-state index is 13.7. The molecule has 1 amide bonds. The van der Waals surface area contributed by atoms with Gasteiger partial charge in [0.2, 0.25) is 26.0 Å². The first kappa shape index (κ1) is 63.7. The Bertz CT molecular complexity index is 2800. The number of morpholine rings is 2. The van der Waals surface area contributed by atoms with Gasteiger partial charge in [-0.2, -0.15) is 8.61 Å². The van der Waals surface area contributed by atoms with E-state index in [4.69, 9.17) is 53.3 Å². The first-order chi connectivity index (χ1) is 37.7. The van der Waals surface area contributed by atoms with Crippen LogP contribution in [-0.4, -0.2) is 185 Å². The van der Waals surface area contributed by atoms with Crippen LogP contribution < -0.4 is 14.8 Å². The average molecular weight is 1140 g/mol. The van der Waals surface area contributed by atoms with E-state index in [9.17, 15) is 26.4 Å². The van der Waals surface area contributed by atoms with E-state index in [-0.39, 0.29) is 50.0 Å². The Morgan fingerprint density at radius 2 is 1.10 bits per heavy atom. The van der Waals surface area contributed by atoms with Gasteiger partial charge in [-0.25, -0.2) is 31.2 Å². The van der Waals surface area contributed by atoms with Crippen molar-refractivity contribution in [3.05, 3.63) is 107 Å². The highest BCUT2D eigenvalue weighted by atomic mass is 32.2. The van der Waals surface area contributed by atoms with Crippen LogP contribution in [-0.2, 0) is 58.2 Å². The molecule has 4 unspecified atom stereocenters. The lowest BCUT2D eigenvalue weighted by Crippen LogP contribution is -2.47. The number of hydrogen-bond donors (Lipinski definition) is 4. The van der Waals surface area contributed by atoms with Crippen molar-refractivity contribution < 1.29 is 79.8 Å². The number of methoxy groups -OCH3 is 2. The number of benzene rings is 2. The van der Waals surface area contributed by atoms with E-state index in [1.165, 1.54) is 4.31 Å². The van der Waals surface area contributed by atoms with Crippen molar-refractivity contribution in [3.63, 3.8) is 0 Å². The molecular weight excluding hydrogens is 1070 g/mol. The molecule has 0 aliphatic carbocycles. The zero-order valence-corrected chi connectivity index (χ0v) is 47.2. The summed E-state index contributed by atoms with van der Waals surface area (Å²) in [6, 6.07) is 14.0. The number of amides is 1. The Morgan fingerprint density at radius 1 is 0.646 bits per heavy atom. The summed E-state index contributed by atoms with van der Waals surface area (Å²) in [4.78, 5) is 52.2. The summed E-state index contributed by atoms with van der Waals surface area (Å²) < 4.78 is 89.7. The van der Waals surface area contributed by atoms with Crippen LogP contribution >= 0.6 is 0 Å². The summed E-state index contributed by atoms with van der Waals surface area (Å²) in [5, 5.41) is 26.8. The van der Waals surface area contributed by atoms with Gasteiger partial charge in [-0.15, -0.1) is 0 Å². The quantitative estimate of drug-likeness (QED) is 0.110. The average Bonchev–Trinajstić information content (AvgIpc) is 3.52. The molecule has 4 atom stereocenters. The Balaban J connectivity index is 0.000000228. The highest BCUT2D eigenvalue weighted by molar-refractivity contribution is 7.89. The number of piperidine rings is 2. The van der Waals surface area contributed by atoms with E-state index >= 15 is 0 Å². The van der Waals surface area contributed by atoms with Crippen molar-refractivity contribution in [1.82, 2.24) is 28.8 Å². The van der Waals surface area contributed by atoms with Crippen LogP contribution in [0.4, 0.5) is 0 Å². The molecule has 4 saturated heterocycles. The number of carboxylic acid groups (broad SMARTS) is 3.